The second-order valence-electron chi connectivity index (χ2n) is 4.72. The maximum absolute atomic E-state index is 10.6. The Kier molecular flexibility index (Phi) is 2.73. The predicted octanol–water partition coefficient (Wildman–Crippen LogP) is 2.51. The van der Waals surface area contributed by atoms with Gasteiger partial charge in [-0.2, -0.15) is 0 Å². The molecule has 1 fully saturated rings. The van der Waals surface area contributed by atoms with Crippen LogP contribution in [0.4, 0.5) is 0 Å². The molecule has 0 spiro atoms. The number of fused-ring (bicyclic) bond motifs is 1. The molecular formula is C12H13Cl2NO2. The van der Waals surface area contributed by atoms with Crippen molar-refractivity contribution in [1.29, 1.82) is 0 Å². The first kappa shape index (κ1) is 11.6. The van der Waals surface area contributed by atoms with E-state index in [0.29, 0.717) is 23.2 Å². The van der Waals surface area contributed by atoms with Crippen LogP contribution in [0.1, 0.15) is 24.1 Å². The second-order valence-corrected chi connectivity index (χ2v) is 5.34. The molecule has 17 heavy (non-hydrogen) atoms. The number of hydrogen-bond acceptors (Lipinski definition) is 3. The van der Waals surface area contributed by atoms with Gasteiger partial charge in [0.05, 0.1) is 18.2 Å². The summed E-state index contributed by atoms with van der Waals surface area (Å²) in [5, 5.41) is 10.9. The zero-order chi connectivity index (χ0) is 12.0. The topological polar surface area (TPSA) is 42.4 Å². The highest BCUT2D eigenvalue weighted by molar-refractivity contribution is 6.31. The van der Waals surface area contributed by atoms with Gasteiger partial charge in [-0.15, -0.1) is 11.6 Å². The van der Waals surface area contributed by atoms with Crippen LogP contribution in [0.2, 0.25) is 5.15 Å². The van der Waals surface area contributed by atoms with Gasteiger partial charge in [0, 0.05) is 12.0 Å². The van der Waals surface area contributed by atoms with E-state index in [9.17, 15) is 5.11 Å². The average molecular weight is 274 g/mol. The van der Waals surface area contributed by atoms with Crippen LogP contribution in [0.25, 0.3) is 0 Å². The summed E-state index contributed by atoms with van der Waals surface area (Å²) < 4.78 is 5.40. The summed E-state index contributed by atoms with van der Waals surface area (Å²) in [4.78, 5) is 4.25. The molecule has 1 saturated carbocycles. The molecule has 0 bridgehead atoms. The van der Waals surface area contributed by atoms with Crippen molar-refractivity contribution in [2.24, 2.45) is 5.92 Å². The second kappa shape index (κ2) is 4.01. The van der Waals surface area contributed by atoms with Crippen LogP contribution in [0.15, 0.2) is 6.07 Å². The smallest absolute Gasteiger partial charge is 0.171 e. The van der Waals surface area contributed by atoms with E-state index in [1.807, 2.05) is 6.07 Å². The van der Waals surface area contributed by atoms with Crippen molar-refractivity contribution in [3.63, 3.8) is 0 Å². The van der Waals surface area contributed by atoms with Crippen molar-refractivity contribution in [2.45, 2.75) is 24.9 Å². The molecule has 1 atom stereocenters. The molecule has 0 radical (unpaired) electrons. The number of alkyl halides is 1. The van der Waals surface area contributed by atoms with Gasteiger partial charge in [-0.25, -0.2) is 4.98 Å². The highest BCUT2D eigenvalue weighted by Crippen LogP contribution is 2.47. The monoisotopic (exact) mass is 273 g/mol. The predicted molar refractivity (Wildman–Crippen MR) is 65.8 cm³/mol. The van der Waals surface area contributed by atoms with E-state index < -0.39 is 5.60 Å². The highest BCUT2D eigenvalue weighted by atomic mass is 35.5. The fraction of sp³-hybridized carbons (Fsp3) is 0.583. The van der Waals surface area contributed by atoms with E-state index in [-0.39, 0.29) is 11.8 Å². The third-order valence-electron chi connectivity index (χ3n) is 3.53. The van der Waals surface area contributed by atoms with Crippen molar-refractivity contribution in [1.82, 2.24) is 4.98 Å². The molecular weight excluding hydrogens is 261 g/mol. The summed E-state index contributed by atoms with van der Waals surface area (Å²) in [5.74, 6) is 1.02. The lowest BCUT2D eigenvalue weighted by molar-refractivity contribution is 0.0324. The molecule has 2 aliphatic rings. The molecule has 3 nitrogen and oxygen atoms in total. The Labute approximate surface area is 110 Å². The third kappa shape index (κ3) is 1.81. The van der Waals surface area contributed by atoms with E-state index in [1.54, 1.807) is 0 Å². The molecule has 5 heteroatoms. The van der Waals surface area contributed by atoms with Crippen LogP contribution in [-0.4, -0.2) is 22.6 Å². The van der Waals surface area contributed by atoms with Gasteiger partial charge in [0.1, 0.15) is 5.60 Å². The number of nitrogens with zero attached hydrogens (tertiary/aromatic N) is 1. The normalized spacial score (nSPS) is 21.8. The summed E-state index contributed by atoms with van der Waals surface area (Å²) in [5.41, 5.74) is 0.566. The number of ether oxygens (including phenoxy) is 1. The van der Waals surface area contributed by atoms with Crippen molar-refractivity contribution in [3.05, 3.63) is 22.5 Å². The first-order valence-corrected chi connectivity index (χ1v) is 6.67. The van der Waals surface area contributed by atoms with Crippen LogP contribution < -0.4 is 4.74 Å². The molecule has 1 aliphatic heterocycles. The Hall–Kier alpha value is -0.510. The van der Waals surface area contributed by atoms with Gasteiger partial charge >= 0.3 is 0 Å². The lowest BCUT2D eigenvalue weighted by Gasteiger charge is -2.25. The SMILES string of the molecule is OC(CCl)(c1cc2c(c(Cl)n1)OCC2)C1CC1. The van der Waals surface area contributed by atoms with E-state index in [1.165, 1.54) is 0 Å². The number of aromatic nitrogens is 1. The number of halogens is 2. The van der Waals surface area contributed by atoms with Gasteiger partial charge in [-0.1, -0.05) is 11.6 Å². The van der Waals surface area contributed by atoms with Crippen molar-refractivity contribution in [2.75, 3.05) is 12.5 Å². The van der Waals surface area contributed by atoms with Gasteiger partial charge in [0.15, 0.2) is 10.9 Å². The van der Waals surface area contributed by atoms with E-state index >= 15 is 0 Å². The summed E-state index contributed by atoms with van der Waals surface area (Å²) >= 11 is 12.0. The maximum atomic E-state index is 10.6. The number of hydrogen-bond donors (Lipinski definition) is 1. The number of pyridine rings is 1. The molecule has 0 aromatic carbocycles. The summed E-state index contributed by atoms with van der Waals surface area (Å²) in [7, 11) is 0. The molecule has 1 aromatic rings. The highest BCUT2D eigenvalue weighted by Gasteiger charge is 2.46. The zero-order valence-electron chi connectivity index (χ0n) is 9.25. The Morgan fingerprint density at radius 3 is 2.94 bits per heavy atom. The first-order chi connectivity index (χ1) is 8.15. The van der Waals surface area contributed by atoms with E-state index in [2.05, 4.69) is 4.98 Å². The zero-order valence-corrected chi connectivity index (χ0v) is 10.8. The van der Waals surface area contributed by atoms with Gasteiger partial charge < -0.3 is 9.84 Å². The fourth-order valence-corrected chi connectivity index (χ4v) is 2.94. The molecule has 1 unspecified atom stereocenters. The minimum Gasteiger partial charge on any atom is -0.490 e. The van der Waals surface area contributed by atoms with Gasteiger partial charge in [-0.05, 0) is 24.8 Å². The molecule has 1 N–H and O–H groups in total. The molecule has 1 aromatic heterocycles. The lowest BCUT2D eigenvalue weighted by Crippen LogP contribution is -2.31. The summed E-state index contributed by atoms with van der Waals surface area (Å²) in [6.07, 6.45) is 2.81. The minimum absolute atomic E-state index is 0.153. The van der Waals surface area contributed by atoms with E-state index in [4.69, 9.17) is 27.9 Å². The molecule has 92 valence electrons. The molecule has 3 rings (SSSR count). The van der Waals surface area contributed by atoms with Gasteiger partial charge in [0.2, 0.25) is 0 Å². The third-order valence-corrected chi connectivity index (χ3v) is 4.19. The maximum Gasteiger partial charge on any atom is 0.171 e. The first-order valence-electron chi connectivity index (χ1n) is 5.76. The van der Waals surface area contributed by atoms with Crippen LogP contribution in [0, 0.1) is 5.92 Å². The summed E-state index contributed by atoms with van der Waals surface area (Å²) in [6, 6.07) is 1.88. The Morgan fingerprint density at radius 2 is 2.29 bits per heavy atom. The Morgan fingerprint density at radius 1 is 1.53 bits per heavy atom. The van der Waals surface area contributed by atoms with E-state index in [0.717, 1.165) is 24.8 Å². The van der Waals surface area contributed by atoms with Crippen molar-refractivity contribution in [3.8, 4) is 5.75 Å². The van der Waals surface area contributed by atoms with Crippen LogP contribution in [0.3, 0.4) is 0 Å². The van der Waals surface area contributed by atoms with Crippen LogP contribution >= 0.6 is 23.2 Å². The number of rotatable bonds is 3. The largest absolute Gasteiger partial charge is 0.490 e. The van der Waals surface area contributed by atoms with Gasteiger partial charge in [-0.3, -0.25) is 0 Å². The molecule has 1 aliphatic carbocycles. The van der Waals surface area contributed by atoms with Crippen molar-refractivity contribution < 1.29 is 9.84 Å². The Bertz CT molecular complexity index is 462. The fourth-order valence-electron chi connectivity index (χ4n) is 2.32. The van der Waals surface area contributed by atoms with Crippen LogP contribution in [0.5, 0.6) is 5.75 Å². The average Bonchev–Trinajstić information content (AvgIpc) is 3.07. The standard InChI is InChI=1S/C12H13Cl2NO2/c13-6-12(16,8-1-2-8)9-5-7-3-4-17-10(7)11(14)15-9/h5,8,16H,1-4,6H2. The van der Waals surface area contributed by atoms with Gasteiger partial charge in [0.25, 0.3) is 0 Å². The molecule has 2 heterocycles. The molecule has 0 saturated heterocycles. The lowest BCUT2D eigenvalue weighted by atomic mass is 9.94. The molecule has 0 amide bonds. The van der Waals surface area contributed by atoms with Crippen molar-refractivity contribution >= 4 is 23.2 Å². The summed E-state index contributed by atoms with van der Waals surface area (Å²) in [6.45, 7) is 0.628. The van der Waals surface area contributed by atoms with Crippen LogP contribution in [-0.2, 0) is 12.0 Å². The minimum atomic E-state index is -1.04. The Balaban J connectivity index is 2.06. The number of aliphatic hydroxyl groups is 1. The quantitative estimate of drug-likeness (QED) is 0.680.